The summed E-state index contributed by atoms with van der Waals surface area (Å²) in [6.45, 7) is 0. The van der Waals surface area contributed by atoms with Gasteiger partial charge in [-0.25, -0.2) is 4.98 Å². The summed E-state index contributed by atoms with van der Waals surface area (Å²) in [5.41, 5.74) is 0. The summed E-state index contributed by atoms with van der Waals surface area (Å²) in [7, 11) is 1.28. The molecule has 0 bridgehead atoms. The lowest BCUT2D eigenvalue weighted by atomic mass is 10.3. The number of carbonyl (C=O) groups excluding carboxylic acids is 2. The largest absolute Gasteiger partial charge is 0.469 e. The molecule has 0 radical (unpaired) electrons. The van der Waals surface area contributed by atoms with Crippen molar-refractivity contribution in [2.24, 2.45) is 0 Å². The number of ether oxygens (including phenoxy) is 1. The van der Waals surface area contributed by atoms with Crippen LogP contribution in [0, 0.1) is 0 Å². The highest BCUT2D eigenvalue weighted by atomic mass is 79.9. The molecule has 5 nitrogen and oxygen atoms in total. The third-order valence-electron chi connectivity index (χ3n) is 1.85. The quantitative estimate of drug-likeness (QED) is 0.865. The van der Waals surface area contributed by atoms with Crippen LogP contribution in [-0.4, -0.2) is 24.0 Å². The minimum atomic E-state index is -0.428. The molecule has 0 saturated carbocycles. The van der Waals surface area contributed by atoms with E-state index in [0.717, 1.165) is 0 Å². The number of rotatable bonds is 4. The van der Waals surface area contributed by atoms with Gasteiger partial charge < -0.3 is 10.1 Å². The van der Waals surface area contributed by atoms with Crippen molar-refractivity contribution in [1.82, 2.24) is 4.98 Å². The van der Waals surface area contributed by atoms with Crippen LogP contribution in [0.1, 0.15) is 12.8 Å². The number of carbonyl (C=O) groups is 2. The van der Waals surface area contributed by atoms with Crippen LogP contribution < -0.4 is 5.32 Å². The summed E-state index contributed by atoms with van der Waals surface area (Å²) >= 11 is 8.92. The summed E-state index contributed by atoms with van der Waals surface area (Å²) in [5, 5.41) is 3.02. The predicted octanol–water partition coefficient (Wildman–Crippen LogP) is 2.39. The van der Waals surface area contributed by atoms with Gasteiger partial charge in [-0.3, -0.25) is 9.59 Å². The van der Waals surface area contributed by atoms with E-state index in [9.17, 15) is 9.59 Å². The fraction of sp³-hybridized carbons (Fsp3) is 0.300. The van der Waals surface area contributed by atoms with E-state index in [4.69, 9.17) is 11.6 Å². The van der Waals surface area contributed by atoms with Crippen molar-refractivity contribution in [2.75, 3.05) is 12.4 Å². The molecule has 0 aliphatic heterocycles. The van der Waals surface area contributed by atoms with Gasteiger partial charge in [-0.1, -0.05) is 11.6 Å². The van der Waals surface area contributed by atoms with Gasteiger partial charge in [0.05, 0.1) is 23.0 Å². The Bertz CT molecular complexity index is 440. The van der Waals surface area contributed by atoms with Gasteiger partial charge in [-0.15, -0.1) is 0 Å². The van der Waals surface area contributed by atoms with Gasteiger partial charge in [-0.2, -0.15) is 0 Å². The van der Waals surface area contributed by atoms with Gasteiger partial charge in [0, 0.05) is 12.6 Å². The highest BCUT2D eigenvalue weighted by Crippen LogP contribution is 2.23. The lowest BCUT2D eigenvalue weighted by molar-refractivity contribution is -0.141. The minimum Gasteiger partial charge on any atom is -0.469 e. The van der Waals surface area contributed by atoms with Crippen LogP contribution in [0.3, 0.4) is 0 Å². The zero-order valence-corrected chi connectivity index (χ0v) is 11.3. The Hall–Kier alpha value is -1.14. The van der Waals surface area contributed by atoms with Crippen LogP contribution in [0.15, 0.2) is 16.7 Å². The molecule has 1 heterocycles. The standard InChI is InChI=1S/C10H10BrClN2O3/c1-17-9(16)3-2-8(15)14-10-7(11)4-6(12)5-13-10/h4-5H,2-3H2,1H3,(H,13,14,15). The summed E-state index contributed by atoms with van der Waals surface area (Å²) in [6, 6.07) is 1.62. The zero-order chi connectivity index (χ0) is 12.8. The maximum Gasteiger partial charge on any atom is 0.306 e. The number of amides is 1. The molecule has 0 aromatic carbocycles. The van der Waals surface area contributed by atoms with E-state index >= 15 is 0 Å². The molecule has 0 fully saturated rings. The first-order chi connectivity index (χ1) is 8.02. The minimum absolute atomic E-state index is 0.0353. The summed E-state index contributed by atoms with van der Waals surface area (Å²) < 4.78 is 5.01. The normalized spacial score (nSPS) is 9.82. The monoisotopic (exact) mass is 320 g/mol. The second kappa shape index (κ2) is 6.56. The Balaban J connectivity index is 2.53. The van der Waals surface area contributed by atoms with E-state index in [1.54, 1.807) is 6.07 Å². The molecule has 0 spiro atoms. The van der Waals surface area contributed by atoms with Gasteiger partial charge in [0.1, 0.15) is 5.82 Å². The Morgan fingerprint density at radius 1 is 1.53 bits per heavy atom. The zero-order valence-electron chi connectivity index (χ0n) is 9.00. The van der Waals surface area contributed by atoms with Crippen LogP contribution in [0.4, 0.5) is 5.82 Å². The lowest BCUT2D eigenvalue weighted by Gasteiger charge is -2.06. The van der Waals surface area contributed by atoms with E-state index in [2.05, 4.69) is 31.0 Å². The van der Waals surface area contributed by atoms with E-state index in [1.807, 2.05) is 0 Å². The topological polar surface area (TPSA) is 68.3 Å². The van der Waals surface area contributed by atoms with Crippen LogP contribution >= 0.6 is 27.5 Å². The van der Waals surface area contributed by atoms with Crippen molar-refractivity contribution in [2.45, 2.75) is 12.8 Å². The Kier molecular flexibility index (Phi) is 5.37. The molecule has 0 aliphatic carbocycles. The molecule has 0 aliphatic rings. The van der Waals surface area contributed by atoms with E-state index < -0.39 is 5.97 Å². The lowest BCUT2D eigenvalue weighted by Crippen LogP contribution is -2.15. The summed E-state index contributed by atoms with van der Waals surface area (Å²) in [5.74, 6) is -0.376. The first kappa shape index (κ1) is 13.9. The molecule has 17 heavy (non-hydrogen) atoms. The molecule has 7 heteroatoms. The molecule has 1 aromatic rings. The van der Waals surface area contributed by atoms with Gasteiger partial charge in [0.25, 0.3) is 0 Å². The first-order valence-corrected chi connectivity index (χ1v) is 5.87. The average Bonchev–Trinajstić information content (AvgIpc) is 2.29. The Labute approximate surface area is 112 Å². The molecule has 1 aromatic heterocycles. The predicted molar refractivity (Wildman–Crippen MR) is 66.8 cm³/mol. The fourth-order valence-electron chi connectivity index (χ4n) is 1.02. The van der Waals surface area contributed by atoms with Crippen molar-refractivity contribution in [3.63, 3.8) is 0 Å². The Morgan fingerprint density at radius 2 is 2.24 bits per heavy atom. The third-order valence-corrected chi connectivity index (χ3v) is 2.66. The molecule has 0 unspecified atom stereocenters. The fourth-order valence-corrected chi connectivity index (χ4v) is 1.76. The van der Waals surface area contributed by atoms with Crippen molar-refractivity contribution in [3.8, 4) is 0 Å². The number of methoxy groups -OCH3 is 1. The number of anilines is 1. The second-order valence-corrected chi connectivity index (χ2v) is 4.40. The third kappa shape index (κ3) is 4.70. The van der Waals surface area contributed by atoms with Gasteiger partial charge in [0.15, 0.2) is 0 Å². The van der Waals surface area contributed by atoms with Gasteiger partial charge in [0.2, 0.25) is 5.91 Å². The van der Waals surface area contributed by atoms with Crippen molar-refractivity contribution in [3.05, 3.63) is 21.8 Å². The highest BCUT2D eigenvalue weighted by Gasteiger charge is 2.09. The van der Waals surface area contributed by atoms with E-state index in [0.29, 0.717) is 15.3 Å². The van der Waals surface area contributed by atoms with Crippen molar-refractivity contribution < 1.29 is 14.3 Å². The van der Waals surface area contributed by atoms with Crippen molar-refractivity contribution >= 4 is 45.2 Å². The van der Waals surface area contributed by atoms with Crippen LogP contribution in [0.2, 0.25) is 5.02 Å². The van der Waals surface area contributed by atoms with Crippen LogP contribution in [0.5, 0.6) is 0 Å². The Morgan fingerprint density at radius 3 is 2.82 bits per heavy atom. The van der Waals surface area contributed by atoms with Gasteiger partial charge in [-0.05, 0) is 22.0 Å². The molecular formula is C10H10BrClN2O3. The molecule has 1 amide bonds. The van der Waals surface area contributed by atoms with Crippen LogP contribution in [-0.2, 0) is 14.3 Å². The molecule has 0 saturated heterocycles. The molecule has 0 atom stereocenters. The van der Waals surface area contributed by atoms with Gasteiger partial charge >= 0.3 is 5.97 Å². The number of pyridine rings is 1. The maximum atomic E-state index is 11.5. The molecule has 1 rings (SSSR count). The SMILES string of the molecule is COC(=O)CCC(=O)Nc1ncc(Cl)cc1Br. The number of aromatic nitrogens is 1. The van der Waals surface area contributed by atoms with E-state index in [1.165, 1.54) is 13.3 Å². The summed E-state index contributed by atoms with van der Waals surface area (Å²) in [4.78, 5) is 26.2. The molecular weight excluding hydrogens is 311 g/mol. The van der Waals surface area contributed by atoms with Crippen LogP contribution in [0.25, 0.3) is 0 Å². The number of hydrogen-bond donors (Lipinski definition) is 1. The number of hydrogen-bond acceptors (Lipinski definition) is 4. The molecule has 1 N–H and O–H groups in total. The molecule has 92 valence electrons. The van der Waals surface area contributed by atoms with E-state index in [-0.39, 0.29) is 18.7 Å². The first-order valence-electron chi connectivity index (χ1n) is 4.70. The maximum absolute atomic E-state index is 11.5. The van der Waals surface area contributed by atoms with Crippen molar-refractivity contribution in [1.29, 1.82) is 0 Å². The average molecular weight is 322 g/mol. The number of nitrogens with one attached hydrogen (secondary N) is 1. The highest BCUT2D eigenvalue weighted by molar-refractivity contribution is 9.10. The number of halogens is 2. The second-order valence-electron chi connectivity index (χ2n) is 3.11. The number of nitrogens with zero attached hydrogens (tertiary/aromatic N) is 1. The smallest absolute Gasteiger partial charge is 0.306 e. The number of esters is 1. The summed E-state index contributed by atoms with van der Waals surface area (Å²) in [6.07, 6.45) is 1.50.